The molecule has 3 heteroatoms. The molecule has 1 unspecified atom stereocenters. The van der Waals surface area contributed by atoms with Crippen molar-refractivity contribution in [1.82, 2.24) is 0 Å². The molecule has 0 N–H and O–H groups in total. The Bertz CT molecular complexity index is 1730. The molecule has 0 saturated heterocycles. The zero-order chi connectivity index (χ0) is 27.9. The van der Waals surface area contributed by atoms with Crippen LogP contribution in [0, 0.1) is 12.3 Å². The van der Waals surface area contributed by atoms with Gasteiger partial charge < -0.3 is 24.8 Å². The molecule has 0 aliphatic heterocycles. The molecule has 3 aliphatic carbocycles. The Balaban J connectivity index is 0.00000202. The number of halogens is 2. The van der Waals surface area contributed by atoms with Crippen molar-refractivity contribution in [3.8, 4) is 0 Å². The first kappa shape index (κ1) is 32.6. The molecule has 213 valence electrons. The molecule has 0 fully saturated rings. The van der Waals surface area contributed by atoms with Crippen molar-refractivity contribution in [2.45, 2.75) is 60.3 Å². The Morgan fingerprint density at radius 3 is 2.02 bits per heavy atom. The van der Waals surface area contributed by atoms with Gasteiger partial charge in [0.25, 0.3) is 0 Å². The Morgan fingerprint density at radius 1 is 0.857 bits per heavy atom. The first-order valence-corrected chi connectivity index (χ1v) is 17.4. The topological polar surface area (TPSA) is 0 Å². The molecule has 0 bridgehead atoms. The summed E-state index contributed by atoms with van der Waals surface area (Å²) in [5.74, 6) is 0. The second-order valence-corrected chi connectivity index (χ2v) is 14.6. The van der Waals surface area contributed by atoms with Gasteiger partial charge in [-0.15, -0.1) is 0 Å². The van der Waals surface area contributed by atoms with E-state index < -0.39 is 22.8 Å². The molecule has 0 spiro atoms. The first-order chi connectivity index (χ1) is 19.5. The number of fused-ring (bicyclic) bond motifs is 2. The van der Waals surface area contributed by atoms with E-state index in [2.05, 4.69) is 132 Å². The van der Waals surface area contributed by atoms with Gasteiger partial charge in [-0.05, 0) is 0 Å². The summed E-state index contributed by atoms with van der Waals surface area (Å²) in [7, 11) is 0. The van der Waals surface area contributed by atoms with E-state index >= 15 is 0 Å². The van der Waals surface area contributed by atoms with Gasteiger partial charge in [-0.2, -0.15) is 0 Å². The SMILES string of the molecule is CCC1=CC2=c3c(CC)cc(C)cc3=[C]([Zr+2]=[C](c3ccccc3)c3ccccc3)C2=C(C2=CC=CC2)C1(C)CC.[Cl-].[Cl-]. The van der Waals surface area contributed by atoms with Crippen LogP contribution in [0.4, 0.5) is 0 Å². The van der Waals surface area contributed by atoms with Gasteiger partial charge in [-0.25, -0.2) is 0 Å². The fourth-order valence-electron chi connectivity index (χ4n) is 7.04. The predicted octanol–water partition coefficient (Wildman–Crippen LogP) is 2.14. The maximum Gasteiger partial charge on any atom is -1.00 e. The van der Waals surface area contributed by atoms with Gasteiger partial charge in [0, 0.05) is 0 Å². The molecule has 0 nitrogen and oxygen atoms in total. The smallest absolute Gasteiger partial charge is 1.00 e. The maximum atomic E-state index is 2.62. The van der Waals surface area contributed by atoms with Gasteiger partial charge in [0.2, 0.25) is 0 Å². The molecule has 0 heterocycles. The summed E-state index contributed by atoms with van der Waals surface area (Å²) in [6.07, 6.45) is 14.0. The van der Waals surface area contributed by atoms with Gasteiger partial charge in [0.1, 0.15) is 0 Å². The third-order valence-electron chi connectivity index (χ3n) is 9.19. The molecule has 6 rings (SSSR count). The molecular formula is C39H39Cl2Zr. The minimum absolute atomic E-state index is 0. The summed E-state index contributed by atoms with van der Waals surface area (Å²) >= 11 is -1.27. The minimum Gasteiger partial charge on any atom is -1.00 e. The van der Waals surface area contributed by atoms with Crippen LogP contribution in [0.1, 0.15) is 69.2 Å². The Morgan fingerprint density at radius 2 is 1.50 bits per heavy atom. The summed E-state index contributed by atoms with van der Waals surface area (Å²) in [5.41, 5.74) is 13.5. The molecule has 0 radical (unpaired) electrons. The molecule has 1 atom stereocenters. The van der Waals surface area contributed by atoms with Crippen molar-refractivity contribution >= 4 is 12.1 Å². The largest absolute Gasteiger partial charge is 1.00 e. The van der Waals surface area contributed by atoms with Crippen LogP contribution in [-0.4, -0.2) is 3.21 Å². The van der Waals surface area contributed by atoms with Crippen LogP contribution in [0.25, 0.3) is 8.85 Å². The van der Waals surface area contributed by atoms with E-state index in [0.717, 1.165) is 25.7 Å². The van der Waals surface area contributed by atoms with Crippen LogP contribution in [0.15, 0.2) is 119 Å². The summed E-state index contributed by atoms with van der Waals surface area (Å²) in [6.45, 7) is 11.9. The molecule has 0 aromatic heterocycles. The first-order valence-electron chi connectivity index (χ1n) is 15.0. The van der Waals surface area contributed by atoms with Crippen LogP contribution >= 0.6 is 0 Å². The molecule has 0 saturated carbocycles. The minimum atomic E-state index is -1.27. The van der Waals surface area contributed by atoms with Crippen LogP contribution in [0.3, 0.4) is 0 Å². The predicted molar refractivity (Wildman–Crippen MR) is 168 cm³/mol. The third kappa shape index (κ3) is 5.54. The van der Waals surface area contributed by atoms with Crippen LogP contribution in [0.2, 0.25) is 0 Å². The summed E-state index contributed by atoms with van der Waals surface area (Å²) < 4.78 is 3.24. The van der Waals surface area contributed by atoms with E-state index in [1.807, 2.05) is 0 Å². The average molecular weight is 670 g/mol. The van der Waals surface area contributed by atoms with Crippen molar-refractivity contribution in [1.29, 1.82) is 0 Å². The van der Waals surface area contributed by atoms with Crippen LogP contribution in [0.5, 0.6) is 0 Å². The number of aryl methyl sites for hydroxylation is 2. The molecule has 3 aromatic carbocycles. The standard InChI is InChI=1S/C26H29.C13H10.2ClH.Zr/c1-6-18-13-17(4)14-20-15-23-22(24(18)20)16-21(7-2)26(5,8-3)25(23)19-11-9-10-12-19;1-3-7-12(8-4-1)11-13-9-5-2-6-10-13;;;/h9-11,13-14,16H,6-8,12H2,1-5H3;1-10H;2*1H;/q;;;;+2/p-2. The zero-order valence-corrected chi connectivity index (χ0v) is 29.3. The summed E-state index contributed by atoms with van der Waals surface area (Å²) in [5, 5.41) is 3.04. The number of hydrogen-bond donors (Lipinski definition) is 0. The van der Waals surface area contributed by atoms with Crippen LogP contribution in [-0.2, 0) is 29.2 Å². The zero-order valence-electron chi connectivity index (χ0n) is 25.3. The van der Waals surface area contributed by atoms with Gasteiger partial charge in [-0.1, -0.05) is 0 Å². The second-order valence-electron chi connectivity index (χ2n) is 11.5. The number of rotatable bonds is 7. The Labute approximate surface area is 275 Å². The monoisotopic (exact) mass is 667 g/mol. The normalized spacial score (nSPS) is 18.4. The van der Waals surface area contributed by atoms with Gasteiger partial charge >= 0.3 is 253 Å². The Hall–Kier alpha value is -2.31. The molecule has 42 heavy (non-hydrogen) atoms. The van der Waals surface area contributed by atoms with E-state index in [-0.39, 0.29) is 30.2 Å². The summed E-state index contributed by atoms with van der Waals surface area (Å²) in [6, 6.07) is 27.3. The summed E-state index contributed by atoms with van der Waals surface area (Å²) in [4.78, 5) is 0. The number of allylic oxidation sites excluding steroid dienone is 8. The average Bonchev–Trinajstić information content (AvgIpc) is 3.62. The molecule has 3 aromatic rings. The fourth-order valence-corrected chi connectivity index (χ4v) is 10.9. The third-order valence-corrected chi connectivity index (χ3v) is 13.1. The molecule has 3 aliphatic rings. The van der Waals surface area contributed by atoms with Crippen LogP contribution < -0.4 is 35.3 Å². The van der Waals surface area contributed by atoms with E-state index in [1.165, 1.54) is 43.8 Å². The van der Waals surface area contributed by atoms with Crippen molar-refractivity contribution in [3.05, 3.63) is 152 Å². The van der Waals surface area contributed by atoms with Crippen molar-refractivity contribution < 1.29 is 47.6 Å². The number of benzene rings is 3. The Kier molecular flexibility index (Phi) is 10.5. The van der Waals surface area contributed by atoms with Crippen molar-refractivity contribution in [3.63, 3.8) is 0 Å². The van der Waals surface area contributed by atoms with E-state index in [1.54, 1.807) is 23.2 Å². The van der Waals surface area contributed by atoms with E-state index in [0.29, 0.717) is 0 Å². The van der Waals surface area contributed by atoms with Gasteiger partial charge in [0.05, 0.1) is 0 Å². The van der Waals surface area contributed by atoms with Crippen molar-refractivity contribution in [2.24, 2.45) is 5.41 Å². The quantitative estimate of drug-likeness (QED) is 0.362. The number of hydrogen-bond acceptors (Lipinski definition) is 0. The van der Waals surface area contributed by atoms with Gasteiger partial charge in [-0.3, -0.25) is 0 Å². The molecule has 0 amide bonds. The fraction of sp³-hybridized carbons (Fsp3) is 0.256. The second kappa shape index (κ2) is 13.6. The molecular weight excluding hydrogens is 631 g/mol. The van der Waals surface area contributed by atoms with E-state index in [4.69, 9.17) is 0 Å². The van der Waals surface area contributed by atoms with E-state index in [9.17, 15) is 0 Å². The van der Waals surface area contributed by atoms with Crippen molar-refractivity contribution in [2.75, 3.05) is 0 Å². The van der Waals surface area contributed by atoms with Gasteiger partial charge in [0.15, 0.2) is 0 Å². The maximum absolute atomic E-state index is 2.62.